The predicted octanol–water partition coefficient (Wildman–Crippen LogP) is 3.05. The minimum atomic E-state index is 0.464. The van der Waals surface area contributed by atoms with E-state index in [1.165, 1.54) is 19.3 Å². The standard InChI is InChI=1S/C15H28N4O/c1-10(2)8-16-9-14-18-19-15(20-14)17-13-6-11(3)5-12(4)7-13/h10-13,16H,5-9H2,1-4H3,(H,17,19). The molecule has 2 atom stereocenters. The molecule has 0 aliphatic heterocycles. The van der Waals surface area contributed by atoms with E-state index in [9.17, 15) is 0 Å². The molecule has 0 bridgehead atoms. The van der Waals surface area contributed by atoms with Gasteiger partial charge in [0.1, 0.15) is 0 Å². The maximum Gasteiger partial charge on any atom is 0.315 e. The summed E-state index contributed by atoms with van der Waals surface area (Å²) in [7, 11) is 0. The topological polar surface area (TPSA) is 63.0 Å². The first-order valence-corrected chi connectivity index (χ1v) is 7.82. The van der Waals surface area contributed by atoms with Gasteiger partial charge in [-0.2, -0.15) is 0 Å². The van der Waals surface area contributed by atoms with Gasteiger partial charge in [-0.3, -0.25) is 0 Å². The van der Waals surface area contributed by atoms with Crippen molar-refractivity contribution in [1.82, 2.24) is 15.5 Å². The molecule has 1 heterocycles. The third kappa shape index (κ3) is 4.78. The molecule has 1 fully saturated rings. The number of nitrogens with zero attached hydrogens (tertiary/aromatic N) is 2. The summed E-state index contributed by atoms with van der Waals surface area (Å²) in [6.07, 6.45) is 3.70. The number of rotatable bonds is 6. The van der Waals surface area contributed by atoms with Crippen LogP contribution in [0.4, 0.5) is 6.01 Å². The van der Waals surface area contributed by atoms with Gasteiger partial charge in [0.15, 0.2) is 0 Å². The molecule has 2 N–H and O–H groups in total. The van der Waals surface area contributed by atoms with Gasteiger partial charge in [0, 0.05) is 6.04 Å². The summed E-state index contributed by atoms with van der Waals surface area (Å²) in [6, 6.07) is 1.03. The van der Waals surface area contributed by atoms with E-state index in [-0.39, 0.29) is 0 Å². The fraction of sp³-hybridized carbons (Fsp3) is 0.867. The minimum absolute atomic E-state index is 0.464. The first-order valence-electron chi connectivity index (χ1n) is 7.82. The molecule has 2 rings (SSSR count). The predicted molar refractivity (Wildman–Crippen MR) is 80.4 cm³/mol. The molecule has 2 unspecified atom stereocenters. The van der Waals surface area contributed by atoms with Crippen LogP contribution in [0, 0.1) is 17.8 Å². The van der Waals surface area contributed by atoms with Gasteiger partial charge < -0.3 is 15.1 Å². The number of hydrogen-bond acceptors (Lipinski definition) is 5. The number of anilines is 1. The molecule has 5 nitrogen and oxygen atoms in total. The highest BCUT2D eigenvalue weighted by molar-refractivity contribution is 5.20. The Labute approximate surface area is 121 Å². The fourth-order valence-electron chi connectivity index (χ4n) is 3.09. The van der Waals surface area contributed by atoms with Crippen molar-refractivity contribution in [3.63, 3.8) is 0 Å². The highest BCUT2D eigenvalue weighted by Crippen LogP contribution is 2.30. The SMILES string of the molecule is CC(C)CNCc1nnc(NC2CC(C)CC(C)C2)o1. The van der Waals surface area contributed by atoms with Crippen LogP contribution in [0.5, 0.6) is 0 Å². The van der Waals surface area contributed by atoms with Crippen LogP contribution in [0.25, 0.3) is 0 Å². The lowest BCUT2D eigenvalue weighted by atomic mass is 9.80. The number of nitrogens with one attached hydrogen (secondary N) is 2. The van der Waals surface area contributed by atoms with E-state index in [1.807, 2.05) is 0 Å². The highest BCUT2D eigenvalue weighted by atomic mass is 16.4. The normalized spacial score (nSPS) is 26.9. The maximum atomic E-state index is 5.64. The van der Waals surface area contributed by atoms with Crippen molar-refractivity contribution in [2.45, 2.75) is 59.5 Å². The van der Waals surface area contributed by atoms with Crippen molar-refractivity contribution in [2.24, 2.45) is 17.8 Å². The Balaban J connectivity index is 1.80. The molecule has 114 valence electrons. The molecule has 1 aliphatic carbocycles. The Hall–Kier alpha value is -1.10. The summed E-state index contributed by atoms with van der Waals surface area (Å²) in [5, 5.41) is 14.9. The molecule has 20 heavy (non-hydrogen) atoms. The average Bonchev–Trinajstić information content (AvgIpc) is 2.74. The molecule has 0 spiro atoms. The van der Waals surface area contributed by atoms with Crippen molar-refractivity contribution in [3.05, 3.63) is 5.89 Å². The van der Waals surface area contributed by atoms with Gasteiger partial charge in [-0.15, -0.1) is 5.10 Å². The molecule has 1 saturated carbocycles. The lowest BCUT2D eigenvalue weighted by Gasteiger charge is -2.31. The van der Waals surface area contributed by atoms with Crippen LogP contribution < -0.4 is 10.6 Å². The smallest absolute Gasteiger partial charge is 0.315 e. The van der Waals surface area contributed by atoms with Crippen molar-refractivity contribution >= 4 is 6.01 Å². The third-order valence-electron chi connectivity index (χ3n) is 3.80. The molecule has 0 aromatic carbocycles. The lowest BCUT2D eigenvalue weighted by Crippen LogP contribution is -2.30. The first kappa shape index (κ1) is 15.3. The Morgan fingerprint density at radius 3 is 2.50 bits per heavy atom. The van der Waals surface area contributed by atoms with Crippen molar-refractivity contribution in [3.8, 4) is 0 Å². The van der Waals surface area contributed by atoms with Crippen LogP contribution in [0.1, 0.15) is 52.8 Å². The van der Waals surface area contributed by atoms with Crippen LogP contribution in [-0.4, -0.2) is 22.8 Å². The molecule has 1 aromatic heterocycles. The zero-order valence-electron chi connectivity index (χ0n) is 13.1. The largest absolute Gasteiger partial charge is 0.407 e. The van der Waals surface area contributed by atoms with Gasteiger partial charge in [-0.1, -0.05) is 32.8 Å². The quantitative estimate of drug-likeness (QED) is 0.838. The van der Waals surface area contributed by atoms with Crippen LogP contribution in [0.15, 0.2) is 4.42 Å². The van der Waals surface area contributed by atoms with Crippen LogP contribution >= 0.6 is 0 Å². The molecule has 0 saturated heterocycles. The molecular formula is C15H28N4O. The first-order chi connectivity index (χ1) is 9.52. The van der Waals surface area contributed by atoms with E-state index in [0.29, 0.717) is 30.4 Å². The molecule has 1 aromatic rings. The highest BCUT2D eigenvalue weighted by Gasteiger charge is 2.24. The Morgan fingerprint density at radius 2 is 1.85 bits per heavy atom. The second-order valence-electron chi connectivity index (χ2n) is 6.78. The molecular weight excluding hydrogens is 252 g/mol. The summed E-state index contributed by atoms with van der Waals surface area (Å²) in [5.74, 6) is 2.82. The van der Waals surface area contributed by atoms with Gasteiger partial charge in [0.05, 0.1) is 6.54 Å². The summed E-state index contributed by atoms with van der Waals surface area (Å²) >= 11 is 0. The minimum Gasteiger partial charge on any atom is -0.407 e. The van der Waals surface area contributed by atoms with Crippen molar-refractivity contribution in [1.29, 1.82) is 0 Å². The van der Waals surface area contributed by atoms with Gasteiger partial charge in [0.25, 0.3) is 0 Å². The summed E-state index contributed by atoms with van der Waals surface area (Å²) in [4.78, 5) is 0. The molecule has 5 heteroatoms. The number of hydrogen-bond donors (Lipinski definition) is 2. The van der Waals surface area contributed by atoms with Crippen LogP contribution in [-0.2, 0) is 6.54 Å². The van der Waals surface area contributed by atoms with Gasteiger partial charge in [0.2, 0.25) is 5.89 Å². The fourth-order valence-corrected chi connectivity index (χ4v) is 3.09. The van der Waals surface area contributed by atoms with E-state index < -0.39 is 0 Å². The van der Waals surface area contributed by atoms with Crippen molar-refractivity contribution in [2.75, 3.05) is 11.9 Å². The van der Waals surface area contributed by atoms with E-state index >= 15 is 0 Å². The second kappa shape index (κ2) is 7.07. The third-order valence-corrected chi connectivity index (χ3v) is 3.80. The molecule has 0 radical (unpaired) electrons. The van der Waals surface area contributed by atoms with Crippen molar-refractivity contribution < 1.29 is 4.42 Å². The Morgan fingerprint density at radius 1 is 1.15 bits per heavy atom. The van der Waals surface area contributed by atoms with Gasteiger partial charge in [-0.25, -0.2) is 0 Å². The van der Waals surface area contributed by atoms with E-state index in [0.717, 1.165) is 18.4 Å². The Bertz CT molecular complexity index is 394. The van der Waals surface area contributed by atoms with E-state index in [2.05, 4.69) is 48.5 Å². The lowest BCUT2D eigenvalue weighted by molar-refractivity contribution is 0.277. The average molecular weight is 280 g/mol. The van der Waals surface area contributed by atoms with Crippen LogP contribution in [0.3, 0.4) is 0 Å². The zero-order chi connectivity index (χ0) is 14.5. The van der Waals surface area contributed by atoms with Crippen LogP contribution in [0.2, 0.25) is 0 Å². The Kier molecular flexibility index (Phi) is 5.40. The van der Waals surface area contributed by atoms with E-state index in [1.54, 1.807) is 0 Å². The molecule has 1 aliphatic rings. The van der Waals surface area contributed by atoms with Gasteiger partial charge in [-0.05, 0) is 43.6 Å². The number of aromatic nitrogens is 2. The molecule has 0 amide bonds. The summed E-state index contributed by atoms with van der Waals surface area (Å²) < 4.78 is 5.64. The summed E-state index contributed by atoms with van der Waals surface area (Å²) in [6.45, 7) is 10.6. The summed E-state index contributed by atoms with van der Waals surface area (Å²) in [5.41, 5.74) is 0. The zero-order valence-corrected chi connectivity index (χ0v) is 13.1. The monoisotopic (exact) mass is 280 g/mol. The van der Waals surface area contributed by atoms with Gasteiger partial charge >= 0.3 is 6.01 Å². The second-order valence-corrected chi connectivity index (χ2v) is 6.78. The maximum absolute atomic E-state index is 5.64. The van der Waals surface area contributed by atoms with E-state index in [4.69, 9.17) is 4.42 Å².